The molecule has 4 atom stereocenters. The number of amides is 3. The number of rotatable bonds is 14. The molecule has 1 aromatic carbocycles. The number of aliphatic carboxylic acids is 2. The summed E-state index contributed by atoms with van der Waals surface area (Å²) in [4.78, 5) is 64.5. The number of H-pyrrole nitrogens is 1. The van der Waals surface area contributed by atoms with Gasteiger partial charge in [-0.2, -0.15) is 0 Å². The number of para-hydroxylation sites is 1. The number of fused-ring (bicyclic) bond motifs is 1. The molecule has 37 heavy (non-hydrogen) atoms. The second-order valence-corrected chi connectivity index (χ2v) is 9.44. The number of hydrogen-bond acceptors (Lipinski definition) is 6. The van der Waals surface area contributed by atoms with E-state index in [0.29, 0.717) is 5.56 Å². The Hall–Kier alpha value is -3.93. The highest BCUT2D eigenvalue weighted by molar-refractivity contribution is 5.95. The Morgan fingerprint density at radius 2 is 1.49 bits per heavy atom. The molecule has 0 fully saturated rings. The van der Waals surface area contributed by atoms with Crippen molar-refractivity contribution in [1.82, 2.24) is 20.9 Å². The molecule has 202 valence electrons. The minimum absolute atomic E-state index is 0.0164. The van der Waals surface area contributed by atoms with Gasteiger partial charge in [0, 0.05) is 29.9 Å². The lowest BCUT2D eigenvalue weighted by Crippen LogP contribution is -2.57. The van der Waals surface area contributed by atoms with E-state index in [1.165, 1.54) is 6.92 Å². The standard InChI is InChI=1S/C25H35N5O7/c1-13(2)10-20(25(36)37)30-24(35)19(11-15-12-27-17-7-5-4-6-16(15)17)29-23(34)18(8-9-21(31)32)28-22(33)14(3)26/h4-7,12-14,18-20,27H,8-11,26H2,1-3H3,(H,28,33)(H,29,34)(H,30,35)(H,31,32)(H,36,37). The largest absolute Gasteiger partial charge is 0.481 e. The second-order valence-electron chi connectivity index (χ2n) is 9.44. The molecule has 0 bridgehead atoms. The van der Waals surface area contributed by atoms with Gasteiger partial charge in [0.05, 0.1) is 6.04 Å². The van der Waals surface area contributed by atoms with Crippen LogP contribution in [0.5, 0.6) is 0 Å². The van der Waals surface area contributed by atoms with Crippen LogP contribution in [0.3, 0.4) is 0 Å². The van der Waals surface area contributed by atoms with Crippen molar-refractivity contribution in [2.24, 2.45) is 11.7 Å². The second kappa shape index (κ2) is 13.4. The van der Waals surface area contributed by atoms with Crippen molar-refractivity contribution in [2.75, 3.05) is 0 Å². The van der Waals surface area contributed by atoms with E-state index in [0.717, 1.165) is 10.9 Å². The van der Waals surface area contributed by atoms with Crippen LogP contribution in [0.4, 0.5) is 0 Å². The average Bonchev–Trinajstić information content (AvgIpc) is 3.22. The number of benzene rings is 1. The SMILES string of the molecule is CC(C)CC(NC(=O)C(Cc1c[nH]c2ccccc12)NC(=O)C(CCC(=O)O)NC(=O)C(C)N)C(=O)O. The third kappa shape index (κ3) is 8.90. The summed E-state index contributed by atoms with van der Waals surface area (Å²) in [5, 5.41) is 26.9. The zero-order chi connectivity index (χ0) is 27.7. The van der Waals surface area contributed by atoms with Gasteiger partial charge in [-0.3, -0.25) is 19.2 Å². The van der Waals surface area contributed by atoms with Crippen molar-refractivity contribution in [3.05, 3.63) is 36.0 Å². The van der Waals surface area contributed by atoms with E-state index in [9.17, 15) is 29.1 Å². The first-order chi connectivity index (χ1) is 17.4. The van der Waals surface area contributed by atoms with Gasteiger partial charge in [0.2, 0.25) is 17.7 Å². The predicted molar refractivity (Wildman–Crippen MR) is 135 cm³/mol. The van der Waals surface area contributed by atoms with Gasteiger partial charge in [0.1, 0.15) is 18.1 Å². The van der Waals surface area contributed by atoms with Crippen LogP contribution in [0.25, 0.3) is 10.9 Å². The highest BCUT2D eigenvalue weighted by Gasteiger charge is 2.31. The van der Waals surface area contributed by atoms with Crippen molar-refractivity contribution in [2.45, 2.75) is 70.6 Å². The van der Waals surface area contributed by atoms with Crippen LogP contribution in [-0.2, 0) is 30.4 Å². The number of aromatic nitrogens is 1. The molecule has 0 aliphatic carbocycles. The van der Waals surface area contributed by atoms with Gasteiger partial charge in [0.15, 0.2) is 0 Å². The van der Waals surface area contributed by atoms with Crippen molar-refractivity contribution < 1.29 is 34.2 Å². The Bertz CT molecular complexity index is 1130. The van der Waals surface area contributed by atoms with Crippen LogP contribution < -0.4 is 21.7 Å². The Morgan fingerprint density at radius 1 is 0.892 bits per heavy atom. The molecule has 8 N–H and O–H groups in total. The van der Waals surface area contributed by atoms with E-state index in [4.69, 9.17) is 10.8 Å². The number of carboxylic acids is 2. The van der Waals surface area contributed by atoms with E-state index < -0.39 is 60.2 Å². The molecule has 0 saturated heterocycles. The summed E-state index contributed by atoms with van der Waals surface area (Å²) in [6, 6.07) is 2.76. The van der Waals surface area contributed by atoms with Crippen LogP contribution >= 0.6 is 0 Å². The fraction of sp³-hybridized carbons (Fsp3) is 0.480. The van der Waals surface area contributed by atoms with Crippen LogP contribution in [-0.4, -0.2) is 69.0 Å². The smallest absolute Gasteiger partial charge is 0.326 e. The molecule has 1 aromatic heterocycles. The Balaban J connectivity index is 2.33. The molecule has 0 radical (unpaired) electrons. The Labute approximate surface area is 214 Å². The molecule has 2 rings (SSSR count). The summed E-state index contributed by atoms with van der Waals surface area (Å²) in [7, 11) is 0. The summed E-state index contributed by atoms with van der Waals surface area (Å²) < 4.78 is 0. The topological polar surface area (TPSA) is 204 Å². The number of hydrogen-bond donors (Lipinski definition) is 7. The third-order valence-electron chi connectivity index (χ3n) is 5.75. The van der Waals surface area contributed by atoms with Crippen molar-refractivity contribution >= 4 is 40.6 Å². The van der Waals surface area contributed by atoms with E-state index in [-0.39, 0.29) is 25.2 Å². The summed E-state index contributed by atoms with van der Waals surface area (Å²) in [5.41, 5.74) is 7.09. The maximum atomic E-state index is 13.3. The fourth-order valence-electron chi connectivity index (χ4n) is 3.81. The minimum Gasteiger partial charge on any atom is -0.481 e. The molecule has 2 aromatic rings. The highest BCUT2D eigenvalue weighted by Crippen LogP contribution is 2.19. The maximum Gasteiger partial charge on any atom is 0.326 e. The van der Waals surface area contributed by atoms with Crippen LogP contribution in [0.2, 0.25) is 0 Å². The van der Waals surface area contributed by atoms with E-state index in [2.05, 4.69) is 20.9 Å². The number of carbonyl (C=O) groups excluding carboxylic acids is 3. The number of aromatic amines is 1. The zero-order valence-electron chi connectivity index (χ0n) is 21.1. The molecule has 12 nitrogen and oxygen atoms in total. The fourth-order valence-corrected chi connectivity index (χ4v) is 3.81. The quantitative estimate of drug-likeness (QED) is 0.188. The van der Waals surface area contributed by atoms with Gasteiger partial charge in [-0.15, -0.1) is 0 Å². The molecule has 12 heteroatoms. The lowest BCUT2D eigenvalue weighted by molar-refractivity contribution is -0.142. The first-order valence-electron chi connectivity index (χ1n) is 12.0. The van der Waals surface area contributed by atoms with Crippen molar-refractivity contribution in [3.63, 3.8) is 0 Å². The average molecular weight is 518 g/mol. The molecular weight excluding hydrogens is 482 g/mol. The number of carbonyl (C=O) groups is 5. The van der Waals surface area contributed by atoms with Gasteiger partial charge < -0.3 is 36.9 Å². The van der Waals surface area contributed by atoms with Gasteiger partial charge in [0.25, 0.3) is 0 Å². The molecular formula is C25H35N5O7. The van der Waals surface area contributed by atoms with Gasteiger partial charge in [-0.1, -0.05) is 32.0 Å². The van der Waals surface area contributed by atoms with Gasteiger partial charge >= 0.3 is 11.9 Å². The number of nitrogens with two attached hydrogens (primary N) is 1. The first kappa shape index (κ1) is 29.3. The molecule has 0 aliphatic heterocycles. The van der Waals surface area contributed by atoms with E-state index in [1.807, 2.05) is 38.1 Å². The Morgan fingerprint density at radius 3 is 2.08 bits per heavy atom. The minimum atomic E-state index is -1.26. The van der Waals surface area contributed by atoms with Crippen molar-refractivity contribution in [1.29, 1.82) is 0 Å². The highest BCUT2D eigenvalue weighted by atomic mass is 16.4. The summed E-state index contributed by atoms with van der Waals surface area (Å²) >= 11 is 0. The number of nitrogens with one attached hydrogen (secondary N) is 4. The normalized spacial score (nSPS) is 14.4. The van der Waals surface area contributed by atoms with Crippen LogP contribution in [0, 0.1) is 5.92 Å². The van der Waals surface area contributed by atoms with Gasteiger partial charge in [-0.25, -0.2) is 4.79 Å². The van der Waals surface area contributed by atoms with E-state index in [1.54, 1.807) is 6.20 Å². The van der Waals surface area contributed by atoms with Crippen molar-refractivity contribution in [3.8, 4) is 0 Å². The zero-order valence-corrected chi connectivity index (χ0v) is 21.1. The molecule has 4 unspecified atom stereocenters. The molecule has 0 spiro atoms. The summed E-state index contributed by atoms with van der Waals surface area (Å²) in [5.74, 6) is -4.56. The van der Waals surface area contributed by atoms with Gasteiger partial charge in [-0.05, 0) is 37.3 Å². The van der Waals surface area contributed by atoms with Crippen LogP contribution in [0.15, 0.2) is 30.5 Å². The first-order valence-corrected chi connectivity index (χ1v) is 12.0. The molecule has 0 aliphatic rings. The number of carboxylic acid groups (broad SMARTS) is 2. The lowest BCUT2D eigenvalue weighted by Gasteiger charge is -2.25. The lowest BCUT2D eigenvalue weighted by atomic mass is 10.0. The predicted octanol–water partition coefficient (Wildman–Crippen LogP) is 0.508. The van der Waals surface area contributed by atoms with Crippen LogP contribution in [0.1, 0.15) is 45.6 Å². The van der Waals surface area contributed by atoms with E-state index >= 15 is 0 Å². The monoisotopic (exact) mass is 517 g/mol. The molecule has 0 saturated carbocycles. The summed E-state index contributed by atoms with van der Waals surface area (Å²) in [6.07, 6.45) is 1.25. The third-order valence-corrected chi connectivity index (χ3v) is 5.75. The molecule has 1 heterocycles. The maximum absolute atomic E-state index is 13.3. The summed E-state index contributed by atoms with van der Waals surface area (Å²) in [6.45, 7) is 5.05. The molecule has 3 amide bonds. The Kier molecular flexibility index (Phi) is 10.6.